The molecule has 0 saturated heterocycles. The fourth-order valence-electron chi connectivity index (χ4n) is 1.14. The van der Waals surface area contributed by atoms with Crippen molar-refractivity contribution < 1.29 is 14.6 Å². The highest BCUT2D eigenvalue weighted by Gasteiger charge is 2.03. The van der Waals surface area contributed by atoms with Gasteiger partial charge in [-0.3, -0.25) is 0 Å². The van der Waals surface area contributed by atoms with Crippen molar-refractivity contribution in [2.45, 2.75) is 0 Å². The number of benzene rings is 1. The Hall–Kier alpha value is -2.14. The van der Waals surface area contributed by atoms with E-state index in [4.69, 9.17) is 21.4 Å². The Balaban J connectivity index is 2.13. The molecule has 0 aliphatic rings. The first-order valence-corrected chi connectivity index (χ1v) is 5.03. The number of hydrogen-bond donors (Lipinski definition) is 1. The maximum absolute atomic E-state index is 10.6. The average molecular weight is 251 g/mol. The van der Waals surface area contributed by atoms with Gasteiger partial charge in [-0.15, -0.1) is 10.2 Å². The molecule has 2 aromatic rings. The lowest BCUT2D eigenvalue weighted by Crippen LogP contribution is -1.95. The second kappa shape index (κ2) is 4.80. The highest BCUT2D eigenvalue weighted by atomic mass is 35.5. The lowest BCUT2D eigenvalue weighted by molar-refractivity contribution is 0.0697. The highest BCUT2D eigenvalue weighted by molar-refractivity contribution is 6.29. The third kappa shape index (κ3) is 2.92. The molecule has 1 heterocycles. The van der Waals surface area contributed by atoms with Gasteiger partial charge in [0.2, 0.25) is 5.88 Å². The second-order valence-electron chi connectivity index (χ2n) is 3.13. The molecule has 0 fully saturated rings. The highest BCUT2D eigenvalue weighted by Crippen LogP contribution is 2.19. The number of carboxylic acid groups (broad SMARTS) is 1. The summed E-state index contributed by atoms with van der Waals surface area (Å²) in [4.78, 5) is 10.6. The molecule has 0 spiro atoms. The van der Waals surface area contributed by atoms with Gasteiger partial charge in [-0.25, -0.2) is 4.79 Å². The van der Waals surface area contributed by atoms with Gasteiger partial charge in [-0.05, 0) is 30.3 Å². The predicted molar refractivity (Wildman–Crippen MR) is 60.5 cm³/mol. The van der Waals surface area contributed by atoms with Crippen LogP contribution in [0.5, 0.6) is 11.6 Å². The summed E-state index contributed by atoms with van der Waals surface area (Å²) < 4.78 is 5.34. The Morgan fingerprint density at radius 2 is 1.82 bits per heavy atom. The molecule has 2 rings (SSSR count). The fourth-order valence-corrected chi connectivity index (χ4v) is 1.25. The third-order valence-corrected chi connectivity index (χ3v) is 2.13. The van der Waals surface area contributed by atoms with Crippen molar-refractivity contribution in [2.24, 2.45) is 0 Å². The molecule has 0 amide bonds. The number of carboxylic acids is 1. The monoisotopic (exact) mass is 250 g/mol. The normalized spacial score (nSPS) is 9.94. The fraction of sp³-hybridized carbons (Fsp3) is 0. The summed E-state index contributed by atoms with van der Waals surface area (Å²) in [6.07, 6.45) is 0. The molecule has 0 radical (unpaired) electrons. The minimum Gasteiger partial charge on any atom is -0.478 e. The minimum atomic E-state index is -0.983. The van der Waals surface area contributed by atoms with Crippen LogP contribution in [0.15, 0.2) is 36.4 Å². The van der Waals surface area contributed by atoms with Gasteiger partial charge in [-0.1, -0.05) is 11.6 Å². The first-order chi connectivity index (χ1) is 8.15. The lowest BCUT2D eigenvalue weighted by Gasteiger charge is -2.03. The topological polar surface area (TPSA) is 72.3 Å². The van der Waals surface area contributed by atoms with Crippen molar-refractivity contribution in [2.75, 3.05) is 0 Å². The molecular formula is C11H7ClN2O3. The van der Waals surface area contributed by atoms with Crippen LogP contribution in [-0.2, 0) is 0 Å². The summed E-state index contributed by atoms with van der Waals surface area (Å²) in [6.45, 7) is 0. The molecular weight excluding hydrogens is 244 g/mol. The van der Waals surface area contributed by atoms with E-state index in [1.165, 1.54) is 12.1 Å². The number of halogens is 1. The van der Waals surface area contributed by atoms with Crippen LogP contribution in [0, 0.1) is 0 Å². The van der Waals surface area contributed by atoms with E-state index in [1.807, 2.05) is 0 Å². The summed E-state index contributed by atoms with van der Waals surface area (Å²) >= 11 is 5.58. The van der Waals surface area contributed by atoms with Gasteiger partial charge in [0.25, 0.3) is 0 Å². The summed E-state index contributed by atoms with van der Waals surface area (Å²) in [5, 5.41) is 16.3. The number of hydrogen-bond acceptors (Lipinski definition) is 4. The Morgan fingerprint density at radius 3 is 2.35 bits per heavy atom. The molecule has 17 heavy (non-hydrogen) atoms. The van der Waals surface area contributed by atoms with Crippen molar-refractivity contribution in [1.29, 1.82) is 0 Å². The van der Waals surface area contributed by atoms with Gasteiger partial charge in [0.15, 0.2) is 5.15 Å². The molecule has 0 saturated carbocycles. The molecule has 0 atom stereocenters. The lowest BCUT2D eigenvalue weighted by atomic mass is 10.2. The summed E-state index contributed by atoms with van der Waals surface area (Å²) in [5.41, 5.74) is 0.194. The predicted octanol–water partition coefficient (Wildman–Crippen LogP) is 2.62. The van der Waals surface area contributed by atoms with Crippen molar-refractivity contribution in [3.63, 3.8) is 0 Å². The molecule has 1 aromatic carbocycles. The van der Waals surface area contributed by atoms with Gasteiger partial charge in [0, 0.05) is 6.07 Å². The number of rotatable bonds is 3. The van der Waals surface area contributed by atoms with E-state index in [0.717, 1.165) is 0 Å². The van der Waals surface area contributed by atoms with Crippen molar-refractivity contribution >= 4 is 17.6 Å². The zero-order valence-corrected chi connectivity index (χ0v) is 9.26. The van der Waals surface area contributed by atoms with E-state index in [-0.39, 0.29) is 16.6 Å². The minimum absolute atomic E-state index is 0.194. The molecule has 0 aliphatic carbocycles. The van der Waals surface area contributed by atoms with Crippen molar-refractivity contribution in [3.05, 3.63) is 47.1 Å². The van der Waals surface area contributed by atoms with E-state index in [0.29, 0.717) is 5.75 Å². The molecule has 0 aliphatic heterocycles. The summed E-state index contributed by atoms with van der Waals surface area (Å²) in [5.74, 6) is -0.216. The number of aromatic carboxylic acids is 1. The quantitative estimate of drug-likeness (QED) is 0.907. The molecule has 6 heteroatoms. The summed E-state index contributed by atoms with van der Waals surface area (Å²) in [7, 11) is 0. The number of nitrogens with zero attached hydrogens (tertiary/aromatic N) is 2. The average Bonchev–Trinajstić information content (AvgIpc) is 2.33. The van der Waals surface area contributed by atoms with Crippen molar-refractivity contribution in [1.82, 2.24) is 10.2 Å². The zero-order valence-electron chi connectivity index (χ0n) is 8.50. The number of ether oxygens (including phenoxy) is 1. The molecule has 86 valence electrons. The first kappa shape index (κ1) is 11.3. The Bertz CT molecular complexity index is 525. The molecule has 0 unspecified atom stereocenters. The van der Waals surface area contributed by atoms with Crippen LogP contribution < -0.4 is 4.74 Å². The standard InChI is InChI=1S/C11H7ClN2O3/c12-9-5-6-10(14-13-9)17-8-3-1-7(2-4-8)11(15)16/h1-6H,(H,15,16). The molecule has 5 nitrogen and oxygen atoms in total. The van der Waals surface area contributed by atoms with Gasteiger partial charge >= 0.3 is 5.97 Å². The van der Waals surface area contributed by atoms with Crippen LogP contribution in [0.3, 0.4) is 0 Å². The number of aromatic nitrogens is 2. The molecule has 0 bridgehead atoms. The van der Waals surface area contributed by atoms with E-state index in [9.17, 15) is 4.79 Å². The zero-order chi connectivity index (χ0) is 12.3. The van der Waals surface area contributed by atoms with Crippen LogP contribution in [0.2, 0.25) is 5.15 Å². The molecule has 1 N–H and O–H groups in total. The third-order valence-electron chi connectivity index (χ3n) is 1.93. The summed E-state index contributed by atoms with van der Waals surface area (Å²) in [6, 6.07) is 9.09. The first-order valence-electron chi connectivity index (χ1n) is 4.65. The Kier molecular flexibility index (Phi) is 3.20. The van der Waals surface area contributed by atoms with E-state index >= 15 is 0 Å². The second-order valence-corrected chi connectivity index (χ2v) is 3.51. The van der Waals surface area contributed by atoms with Gasteiger partial charge in [0.05, 0.1) is 5.56 Å². The largest absolute Gasteiger partial charge is 0.478 e. The van der Waals surface area contributed by atoms with Crippen molar-refractivity contribution in [3.8, 4) is 11.6 Å². The maximum atomic E-state index is 10.6. The van der Waals surface area contributed by atoms with Gasteiger partial charge in [-0.2, -0.15) is 0 Å². The molecule has 1 aromatic heterocycles. The SMILES string of the molecule is O=C(O)c1ccc(Oc2ccc(Cl)nn2)cc1. The smallest absolute Gasteiger partial charge is 0.335 e. The van der Waals surface area contributed by atoms with E-state index in [1.54, 1.807) is 24.3 Å². The van der Waals surface area contributed by atoms with Crippen LogP contribution in [0.25, 0.3) is 0 Å². The number of carbonyl (C=O) groups is 1. The van der Waals surface area contributed by atoms with Crippen LogP contribution >= 0.6 is 11.6 Å². The van der Waals surface area contributed by atoms with Gasteiger partial charge < -0.3 is 9.84 Å². The Morgan fingerprint density at radius 1 is 1.12 bits per heavy atom. The van der Waals surface area contributed by atoms with Crippen LogP contribution in [0.1, 0.15) is 10.4 Å². The van der Waals surface area contributed by atoms with Crippen LogP contribution in [-0.4, -0.2) is 21.3 Å². The van der Waals surface area contributed by atoms with Gasteiger partial charge in [0.1, 0.15) is 5.75 Å². The maximum Gasteiger partial charge on any atom is 0.335 e. The van der Waals surface area contributed by atoms with Crippen LogP contribution in [0.4, 0.5) is 0 Å². The van der Waals surface area contributed by atoms with E-state index in [2.05, 4.69) is 10.2 Å². The van der Waals surface area contributed by atoms with E-state index < -0.39 is 5.97 Å². The Labute approximate surface area is 102 Å².